The van der Waals surface area contributed by atoms with Crippen LogP contribution < -0.4 is 0 Å². The van der Waals surface area contributed by atoms with Gasteiger partial charge in [-0.3, -0.25) is 9.59 Å². The minimum Gasteiger partial charge on any atom is -0.481 e. The Morgan fingerprint density at radius 1 is 1.00 bits per heavy atom. The summed E-state index contributed by atoms with van der Waals surface area (Å²) in [5, 5.41) is 7.59. The number of unbranched alkanes of at least 4 members (excludes halogenated alkanes) is 1. The van der Waals surface area contributed by atoms with Gasteiger partial charge in [-0.1, -0.05) is 13.3 Å². The fourth-order valence-corrected chi connectivity index (χ4v) is 1.96. The molecule has 0 saturated carbocycles. The Kier molecular flexibility index (Phi) is 13.6. The van der Waals surface area contributed by atoms with Crippen LogP contribution in [-0.2, 0) is 9.59 Å². The maximum atomic E-state index is 9.95. The predicted molar refractivity (Wildman–Crippen MR) is 82.5 cm³/mol. The van der Waals surface area contributed by atoms with Crippen LogP contribution >= 0.6 is 12.6 Å². The Labute approximate surface area is 123 Å². The van der Waals surface area contributed by atoms with Crippen molar-refractivity contribution in [2.45, 2.75) is 53.4 Å². The Morgan fingerprint density at radius 3 is 1.68 bits per heavy atom. The molecule has 1 N–H and O–H groups in total. The van der Waals surface area contributed by atoms with Gasteiger partial charge in [0.2, 0.25) is 0 Å². The van der Waals surface area contributed by atoms with Crippen LogP contribution in [0.15, 0.2) is 0 Å². The summed E-state index contributed by atoms with van der Waals surface area (Å²) >= 11 is 3.37. The van der Waals surface area contributed by atoms with E-state index in [1.807, 2.05) is 0 Å². The van der Waals surface area contributed by atoms with Gasteiger partial charge in [0.25, 0.3) is 0 Å². The van der Waals surface area contributed by atoms with Crippen LogP contribution in [0.5, 0.6) is 0 Å². The van der Waals surface area contributed by atoms with Crippen molar-refractivity contribution in [1.82, 2.24) is 0 Å². The summed E-state index contributed by atoms with van der Waals surface area (Å²) in [5.41, 5.74) is 0. The zero-order valence-electron chi connectivity index (χ0n) is 12.8. The first-order valence-corrected chi connectivity index (χ1v) is 7.60. The molecule has 0 fully saturated rings. The molecule has 0 atom stereocenters. The molecule has 0 aromatic carbocycles. The molecule has 0 aromatic heterocycles. The van der Waals surface area contributed by atoms with E-state index in [9.17, 15) is 9.59 Å². The molecule has 4 nitrogen and oxygen atoms in total. The second-order valence-electron chi connectivity index (χ2n) is 4.65. The number of carboxylic acids is 1. The Bertz CT molecular complexity index is 231. The first kappa shape index (κ1) is 20.8. The number of carbonyl (C=O) groups is 2. The summed E-state index contributed by atoms with van der Waals surface area (Å²) in [6, 6.07) is 0. The molecule has 0 aromatic rings. The lowest BCUT2D eigenvalue weighted by Crippen LogP contribution is -2.48. The number of quaternary nitrogens is 1. The molecular weight excluding hydrogens is 262 g/mol. The largest absolute Gasteiger partial charge is 0.481 e. The molecule has 0 heterocycles. The van der Waals surface area contributed by atoms with Crippen molar-refractivity contribution in [3.63, 3.8) is 0 Å². The predicted octanol–water partition coefficient (Wildman–Crippen LogP) is 2.97. The van der Waals surface area contributed by atoms with Gasteiger partial charge in [0.05, 0.1) is 32.6 Å². The first-order chi connectivity index (χ1) is 8.87. The van der Waals surface area contributed by atoms with Gasteiger partial charge in [-0.05, 0) is 27.2 Å². The second-order valence-corrected chi connectivity index (χ2v) is 5.15. The SMILES string of the molecule is CCCC[N+](CC)(CC)CC.O=C(O)CCC(=O)S. The van der Waals surface area contributed by atoms with Crippen molar-refractivity contribution in [3.8, 4) is 0 Å². The molecule has 0 aliphatic heterocycles. The molecule has 0 radical (unpaired) electrons. The highest BCUT2D eigenvalue weighted by Gasteiger charge is 2.18. The number of hydrogen-bond acceptors (Lipinski definition) is 2. The molecule has 0 spiro atoms. The number of carboxylic acid groups (broad SMARTS) is 1. The van der Waals surface area contributed by atoms with E-state index in [0.717, 1.165) is 0 Å². The monoisotopic (exact) mass is 292 g/mol. The fourth-order valence-electron chi connectivity index (χ4n) is 1.85. The van der Waals surface area contributed by atoms with Crippen molar-refractivity contribution < 1.29 is 19.2 Å². The average molecular weight is 292 g/mol. The quantitative estimate of drug-likeness (QED) is 0.507. The highest BCUT2D eigenvalue weighted by atomic mass is 32.1. The maximum Gasteiger partial charge on any atom is 0.303 e. The highest BCUT2D eigenvalue weighted by molar-refractivity contribution is 7.96. The highest BCUT2D eigenvalue weighted by Crippen LogP contribution is 2.07. The van der Waals surface area contributed by atoms with E-state index in [-0.39, 0.29) is 18.0 Å². The van der Waals surface area contributed by atoms with Crippen molar-refractivity contribution in [2.24, 2.45) is 0 Å². The third kappa shape index (κ3) is 12.2. The molecule has 114 valence electrons. The Hall–Kier alpha value is -0.550. The van der Waals surface area contributed by atoms with E-state index in [4.69, 9.17) is 5.11 Å². The van der Waals surface area contributed by atoms with Crippen molar-refractivity contribution in [2.75, 3.05) is 26.2 Å². The van der Waals surface area contributed by atoms with E-state index in [2.05, 4.69) is 40.3 Å². The summed E-state index contributed by atoms with van der Waals surface area (Å²) < 4.78 is 1.31. The Morgan fingerprint density at radius 2 is 1.47 bits per heavy atom. The summed E-state index contributed by atoms with van der Waals surface area (Å²) in [4.78, 5) is 19.7. The van der Waals surface area contributed by atoms with Gasteiger partial charge in [-0.2, -0.15) is 0 Å². The topological polar surface area (TPSA) is 54.4 Å². The number of hydrogen-bond donors (Lipinski definition) is 2. The lowest BCUT2D eigenvalue weighted by Gasteiger charge is -2.35. The van der Waals surface area contributed by atoms with E-state index in [0.29, 0.717) is 0 Å². The standard InChI is InChI=1S/C10H24N.C4H6O3S/c1-5-9-10-11(6-2,7-3)8-4;5-3(6)1-2-4(7)8/h5-10H2,1-4H3;1-2H2,(H,5,6)(H,7,8)/q+1;. The van der Waals surface area contributed by atoms with Crippen LogP contribution in [-0.4, -0.2) is 46.9 Å². The summed E-state index contributed by atoms with van der Waals surface area (Å²) in [5.74, 6) is -0.965. The molecule has 0 bridgehead atoms. The molecule has 0 aliphatic rings. The number of aliphatic carboxylic acids is 1. The molecule has 0 aliphatic carbocycles. The molecular formula is C14H30NO3S+. The third-order valence-corrected chi connectivity index (χ3v) is 3.77. The second kappa shape index (κ2) is 12.5. The minimum atomic E-state index is -0.965. The smallest absolute Gasteiger partial charge is 0.303 e. The van der Waals surface area contributed by atoms with Crippen LogP contribution in [0.25, 0.3) is 0 Å². The minimum absolute atomic E-state index is 0.0123. The zero-order valence-corrected chi connectivity index (χ0v) is 13.7. The van der Waals surface area contributed by atoms with Gasteiger partial charge < -0.3 is 9.59 Å². The number of rotatable bonds is 9. The molecule has 0 unspecified atom stereocenters. The van der Waals surface area contributed by atoms with Crippen molar-refractivity contribution in [1.29, 1.82) is 0 Å². The van der Waals surface area contributed by atoms with E-state index in [1.54, 1.807) is 0 Å². The summed E-state index contributed by atoms with van der Waals surface area (Å²) in [6.07, 6.45) is 2.61. The van der Waals surface area contributed by atoms with E-state index < -0.39 is 5.97 Å². The van der Waals surface area contributed by atoms with Crippen LogP contribution in [0.4, 0.5) is 0 Å². The first-order valence-electron chi connectivity index (χ1n) is 7.16. The molecule has 0 saturated heterocycles. The van der Waals surface area contributed by atoms with Crippen LogP contribution in [0.3, 0.4) is 0 Å². The van der Waals surface area contributed by atoms with Crippen molar-refractivity contribution >= 4 is 23.7 Å². The van der Waals surface area contributed by atoms with Crippen molar-refractivity contribution in [3.05, 3.63) is 0 Å². The van der Waals surface area contributed by atoms with Gasteiger partial charge in [0.1, 0.15) is 0 Å². The average Bonchev–Trinajstić information content (AvgIpc) is 2.39. The van der Waals surface area contributed by atoms with Gasteiger partial charge in [0, 0.05) is 6.42 Å². The van der Waals surface area contributed by atoms with Crippen LogP contribution in [0.1, 0.15) is 53.4 Å². The molecule has 0 rings (SSSR count). The molecule has 19 heavy (non-hydrogen) atoms. The summed E-state index contributed by atoms with van der Waals surface area (Å²) in [7, 11) is 0. The lowest BCUT2D eigenvalue weighted by molar-refractivity contribution is -0.923. The normalized spacial score (nSPS) is 10.6. The molecule has 0 amide bonds. The zero-order chi connectivity index (χ0) is 15.3. The van der Waals surface area contributed by atoms with E-state index >= 15 is 0 Å². The fraction of sp³-hybridized carbons (Fsp3) is 0.857. The van der Waals surface area contributed by atoms with Gasteiger partial charge in [-0.15, -0.1) is 12.6 Å². The van der Waals surface area contributed by atoms with Crippen LogP contribution in [0.2, 0.25) is 0 Å². The van der Waals surface area contributed by atoms with E-state index in [1.165, 1.54) is 43.5 Å². The number of nitrogens with zero attached hydrogens (tertiary/aromatic N) is 1. The Balaban J connectivity index is 0. The summed E-state index contributed by atoms with van der Waals surface area (Å²) in [6.45, 7) is 14.5. The van der Waals surface area contributed by atoms with Gasteiger partial charge >= 0.3 is 5.97 Å². The number of carbonyl (C=O) groups excluding carboxylic acids is 1. The third-order valence-electron chi connectivity index (χ3n) is 3.55. The number of thiol groups is 1. The van der Waals surface area contributed by atoms with Gasteiger partial charge in [0.15, 0.2) is 5.12 Å². The van der Waals surface area contributed by atoms with Gasteiger partial charge in [-0.25, -0.2) is 0 Å². The maximum absolute atomic E-state index is 9.95. The van der Waals surface area contributed by atoms with Crippen LogP contribution in [0, 0.1) is 0 Å². The lowest BCUT2D eigenvalue weighted by atomic mass is 10.2. The molecule has 5 heteroatoms.